The van der Waals surface area contributed by atoms with Gasteiger partial charge in [0.1, 0.15) is 5.82 Å². The summed E-state index contributed by atoms with van der Waals surface area (Å²) in [6, 6.07) is 20.1. The molecule has 1 unspecified atom stereocenters. The molecule has 2 amide bonds. The summed E-state index contributed by atoms with van der Waals surface area (Å²) in [5, 5.41) is 3.55. The molecule has 0 aliphatic carbocycles. The molecule has 186 valence electrons. The van der Waals surface area contributed by atoms with Gasteiger partial charge in [-0.05, 0) is 80.3 Å². The molecule has 36 heavy (non-hydrogen) atoms. The minimum absolute atomic E-state index is 0.144. The van der Waals surface area contributed by atoms with Gasteiger partial charge >= 0.3 is 6.03 Å². The number of nitrogens with zero attached hydrogens (tertiary/aromatic N) is 3. The maximum atomic E-state index is 13.9. The van der Waals surface area contributed by atoms with E-state index >= 15 is 0 Å². The molecule has 1 heterocycles. The largest absolute Gasteiger partial charge is 0.322 e. The van der Waals surface area contributed by atoms with E-state index in [1.54, 1.807) is 15.5 Å². The second-order valence-corrected chi connectivity index (χ2v) is 10.5. The van der Waals surface area contributed by atoms with Gasteiger partial charge in [-0.15, -0.1) is 0 Å². The van der Waals surface area contributed by atoms with E-state index in [4.69, 9.17) is 4.98 Å². The van der Waals surface area contributed by atoms with Crippen LogP contribution in [0.4, 0.5) is 10.5 Å². The maximum absolute atomic E-state index is 13.9. The molecule has 1 aromatic heterocycles. The number of urea groups is 1. The van der Waals surface area contributed by atoms with Gasteiger partial charge in [-0.25, -0.2) is 9.78 Å². The number of amides is 2. The quantitative estimate of drug-likeness (QED) is 0.282. The van der Waals surface area contributed by atoms with Crippen molar-refractivity contribution in [3.63, 3.8) is 0 Å². The van der Waals surface area contributed by atoms with E-state index in [1.165, 1.54) is 0 Å². The summed E-state index contributed by atoms with van der Waals surface area (Å²) in [4.78, 5) is 34.1. The molecule has 0 saturated heterocycles. The van der Waals surface area contributed by atoms with E-state index < -0.39 is 6.04 Å². The summed E-state index contributed by atoms with van der Waals surface area (Å²) in [6.07, 6.45) is 0. The second-order valence-electron chi connectivity index (χ2n) is 9.58. The van der Waals surface area contributed by atoms with Crippen LogP contribution < -0.4 is 10.9 Å². The SMILES string of the molecule is Cc1ccc(C)c(-n2c(C(C)N(CC(C)C)C(=O)Nc3ccc(Br)cc3)nc3ccccc3c2=O)c1. The number of carbonyl (C=O) groups is 1. The molecule has 4 aromatic rings. The van der Waals surface area contributed by atoms with Crippen molar-refractivity contribution in [2.75, 3.05) is 11.9 Å². The van der Waals surface area contributed by atoms with Crippen molar-refractivity contribution in [1.82, 2.24) is 14.5 Å². The van der Waals surface area contributed by atoms with Crippen LogP contribution in [0.1, 0.15) is 43.8 Å². The molecule has 3 aromatic carbocycles. The van der Waals surface area contributed by atoms with Crippen molar-refractivity contribution in [2.24, 2.45) is 5.92 Å². The summed E-state index contributed by atoms with van der Waals surface area (Å²) in [5.74, 6) is 0.739. The number of rotatable bonds is 6. The number of carbonyl (C=O) groups excluding carboxylic acids is 1. The van der Waals surface area contributed by atoms with Gasteiger partial charge in [-0.3, -0.25) is 9.36 Å². The van der Waals surface area contributed by atoms with Crippen LogP contribution in [-0.2, 0) is 0 Å². The first-order chi connectivity index (χ1) is 17.2. The smallest absolute Gasteiger partial charge is 0.314 e. The van der Waals surface area contributed by atoms with Crippen LogP contribution in [0.15, 0.2) is 76.0 Å². The Balaban J connectivity index is 1.87. The van der Waals surface area contributed by atoms with Crippen LogP contribution >= 0.6 is 15.9 Å². The lowest BCUT2D eigenvalue weighted by molar-refractivity contribution is 0.179. The fourth-order valence-corrected chi connectivity index (χ4v) is 4.57. The van der Waals surface area contributed by atoms with E-state index in [1.807, 2.05) is 81.4 Å². The lowest BCUT2D eigenvalue weighted by atomic mass is 10.1. The van der Waals surface area contributed by atoms with Gasteiger partial charge < -0.3 is 10.2 Å². The lowest BCUT2D eigenvalue weighted by Gasteiger charge is -2.32. The predicted molar refractivity (Wildman–Crippen MR) is 150 cm³/mol. The normalized spacial score (nSPS) is 12.1. The van der Waals surface area contributed by atoms with Gasteiger partial charge in [-0.1, -0.05) is 54.0 Å². The lowest BCUT2D eigenvalue weighted by Crippen LogP contribution is -2.41. The number of nitrogens with one attached hydrogen (secondary N) is 1. The van der Waals surface area contributed by atoms with E-state index in [0.29, 0.717) is 29.0 Å². The molecular formula is C29H31BrN4O2. The first-order valence-corrected chi connectivity index (χ1v) is 12.9. The zero-order valence-electron chi connectivity index (χ0n) is 21.2. The molecule has 6 nitrogen and oxygen atoms in total. The van der Waals surface area contributed by atoms with Crippen LogP contribution in [0, 0.1) is 19.8 Å². The zero-order chi connectivity index (χ0) is 26.0. The number of hydrogen-bond donors (Lipinski definition) is 1. The Morgan fingerprint density at radius 1 is 1.03 bits per heavy atom. The molecular weight excluding hydrogens is 516 g/mol. The number of aryl methyl sites for hydroxylation is 2. The third kappa shape index (κ3) is 5.36. The minimum Gasteiger partial charge on any atom is -0.314 e. The van der Waals surface area contributed by atoms with Crippen LogP contribution in [0.2, 0.25) is 0 Å². The number of para-hydroxylation sites is 1. The standard InChI is InChI=1S/C29H31BrN4O2/c1-18(2)17-33(29(36)31-23-14-12-22(30)13-15-23)21(5)27-32-25-9-7-6-8-24(25)28(35)34(27)26-16-19(3)10-11-20(26)4/h6-16,18,21H,17H2,1-5H3,(H,31,36). The summed E-state index contributed by atoms with van der Waals surface area (Å²) < 4.78 is 2.61. The number of benzene rings is 3. The monoisotopic (exact) mass is 546 g/mol. The molecule has 1 N–H and O–H groups in total. The Morgan fingerprint density at radius 3 is 2.42 bits per heavy atom. The maximum Gasteiger partial charge on any atom is 0.322 e. The van der Waals surface area contributed by atoms with Crippen LogP contribution in [0.25, 0.3) is 16.6 Å². The number of fused-ring (bicyclic) bond motifs is 1. The molecule has 7 heteroatoms. The van der Waals surface area contributed by atoms with E-state index in [0.717, 1.165) is 21.3 Å². The predicted octanol–water partition coefficient (Wildman–Crippen LogP) is 7.02. The highest BCUT2D eigenvalue weighted by atomic mass is 79.9. The van der Waals surface area contributed by atoms with Crippen molar-refractivity contribution in [3.8, 4) is 5.69 Å². The summed E-state index contributed by atoms with van der Waals surface area (Å²) in [6.45, 7) is 10.6. The summed E-state index contributed by atoms with van der Waals surface area (Å²) in [7, 11) is 0. The molecule has 0 radical (unpaired) electrons. The van der Waals surface area contributed by atoms with Gasteiger partial charge in [0.05, 0.1) is 22.6 Å². The third-order valence-corrected chi connectivity index (χ3v) is 6.70. The van der Waals surface area contributed by atoms with E-state index in [-0.39, 0.29) is 17.5 Å². The number of hydrogen-bond acceptors (Lipinski definition) is 3. The molecule has 0 bridgehead atoms. The minimum atomic E-state index is -0.472. The molecule has 0 spiro atoms. The third-order valence-electron chi connectivity index (χ3n) is 6.17. The Kier molecular flexibility index (Phi) is 7.59. The van der Waals surface area contributed by atoms with Gasteiger partial charge in [0, 0.05) is 16.7 Å². The molecule has 0 aliphatic rings. The number of halogens is 1. The average molecular weight is 547 g/mol. The fraction of sp³-hybridized carbons (Fsp3) is 0.276. The summed E-state index contributed by atoms with van der Waals surface area (Å²) >= 11 is 3.43. The van der Waals surface area contributed by atoms with Gasteiger partial charge in [0.15, 0.2) is 0 Å². The molecule has 4 rings (SSSR count). The van der Waals surface area contributed by atoms with Crippen molar-refractivity contribution < 1.29 is 4.79 Å². The molecule has 0 aliphatic heterocycles. The van der Waals surface area contributed by atoms with Gasteiger partial charge in [0.2, 0.25) is 0 Å². The molecule has 1 atom stereocenters. The Labute approximate surface area is 220 Å². The van der Waals surface area contributed by atoms with Crippen molar-refractivity contribution in [3.05, 3.63) is 98.5 Å². The van der Waals surface area contributed by atoms with Crippen LogP contribution in [0.5, 0.6) is 0 Å². The van der Waals surface area contributed by atoms with Crippen molar-refractivity contribution in [2.45, 2.75) is 40.7 Å². The van der Waals surface area contributed by atoms with Gasteiger partial charge in [0.25, 0.3) is 5.56 Å². The van der Waals surface area contributed by atoms with Crippen LogP contribution in [-0.4, -0.2) is 27.0 Å². The Hall–Kier alpha value is -3.45. The summed E-state index contributed by atoms with van der Waals surface area (Å²) in [5.41, 5.74) is 3.95. The Bertz CT molecular complexity index is 1460. The number of aromatic nitrogens is 2. The molecule has 0 fully saturated rings. The van der Waals surface area contributed by atoms with E-state index in [2.05, 4.69) is 35.1 Å². The van der Waals surface area contributed by atoms with Gasteiger partial charge in [-0.2, -0.15) is 0 Å². The highest BCUT2D eigenvalue weighted by Crippen LogP contribution is 2.26. The topological polar surface area (TPSA) is 67.2 Å². The molecule has 0 saturated carbocycles. The highest BCUT2D eigenvalue weighted by Gasteiger charge is 2.28. The fourth-order valence-electron chi connectivity index (χ4n) is 4.30. The van der Waals surface area contributed by atoms with Crippen LogP contribution in [0.3, 0.4) is 0 Å². The van der Waals surface area contributed by atoms with Crippen molar-refractivity contribution >= 4 is 38.6 Å². The number of anilines is 1. The first kappa shape index (κ1) is 25.6. The van der Waals surface area contributed by atoms with Crippen molar-refractivity contribution in [1.29, 1.82) is 0 Å². The average Bonchev–Trinajstić information content (AvgIpc) is 2.85. The second kappa shape index (κ2) is 10.7. The Morgan fingerprint density at radius 2 is 1.72 bits per heavy atom. The van der Waals surface area contributed by atoms with E-state index in [9.17, 15) is 9.59 Å². The first-order valence-electron chi connectivity index (χ1n) is 12.1. The zero-order valence-corrected chi connectivity index (χ0v) is 22.8. The highest BCUT2D eigenvalue weighted by molar-refractivity contribution is 9.10.